The van der Waals surface area contributed by atoms with Crippen molar-refractivity contribution in [1.29, 1.82) is 0 Å². The maximum Gasteiger partial charge on any atom is 0.260 e. The Morgan fingerprint density at radius 3 is 2.52 bits per heavy atom. The molecule has 164 valence electrons. The molecule has 4 rings (SSSR count). The second-order valence-electron chi connectivity index (χ2n) is 8.09. The van der Waals surface area contributed by atoms with Gasteiger partial charge in [-0.3, -0.25) is 9.59 Å². The molecule has 1 saturated carbocycles. The van der Waals surface area contributed by atoms with Crippen molar-refractivity contribution in [3.05, 3.63) is 66.0 Å². The first-order valence-electron chi connectivity index (χ1n) is 10.7. The van der Waals surface area contributed by atoms with Crippen LogP contribution in [0.5, 0.6) is 5.75 Å². The van der Waals surface area contributed by atoms with Gasteiger partial charge in [-0.05, 0) is 55.2 Å². The molecule has 2 aromatic carbocycles. The number of ether oxygens (including phenoxy) is 2. The molecule has 0 bridgehead atoms. The van der Waals surface area contributed by atoms with Gasteiger partial charge in [0, 0.05) is 31.7 Å². The Morgan fingerprint density at radius 2 is 1.81 bits per heavy atom. The van der Waals surface area contributed by atoms with E-state index in [0.29, 0.717) is 50.0 Å². The number of hydrogen-bond donors (Lipinski definition) is 0. The Kier molecular flexibility index (Phi) is 6.82. The molecule has 31 heavy (non-hydrogen) atoms. The molecule has 0 aromatic heterocycles. The predicted molar refractivity (Wildman–Crippen MR) is 113 cm³/mol. The summed E-state index contributed by atoms with van der Waals surface area (Å²) < 4.78 is 24.7. The van der Waals surface area contributed by atoms with Crippen LogP contribution in [0.3, 0.4) is 0 Å². The molecule has 0 radical (unpaired) electrons. The minimum Gasteiger partial charge on any atom is -0.484 e. The van der Waals surface area contributed by atoms with Crippen LogP contribution < -0.4 is 4.74 Å². The topological polar surface area (TPSA) is 59.1 Å². The maximum atomic E-state index is 13.2. The van der Waals surface area contributed by atoms with E-state index in [1.807, 2.05) is 30.3 Å². The third kappa shape index (κ3) is 6.04. The lowest BCUT2D eigenvalue weighted by atomic mass is 10.1. The van der Waals surface area contributed by atoms with E-state index < -0.39 is 0 Å². The lowest BCUT2D eigenvalue weighted by Gasteiger charge is -2.36. The van der Waals surface area contributed by atoms with E-state index >= 15 is 0 Å². The molecule has 2 aliphatic rings. The average Bonchev–Trinajstić information content (AvgIpc) is 3.62. The van der Waals surface area contributed by atoms with Crippen molar-refractivity contribution in [3.63, 3.8) is 0 Å². The van der Waals surface area contributed by atoms with E-state index in [9.17, 15) is 14.0 Å². The summed E-state index contributed by atoms with van der Waals surface area (Å²) in [5.74, 6) is 0.557. The SMILES string of the molecule is O=C(COc1ccccc1)N1CCOC(CN(CC2CC2)C(=O)c2ccc(F)cc2)C1. The highest BCUT2D eigenvalue weighted by Gasteiger charge is 2.31. The molecule has 1 unspecified atom stereocenters. The summed E-state index contributed by atoms with van der Waals surface area (Å²) in [6, 6.07) is 14.8. The fourth-order valence-corrected chi connectivity index (χ4v) is 3.68. The highest BCUT2D eigenvalue weighted by molar-refractivity contribution is 5.94. The van der Waals surface area contributed by atoms with Crippen LogP contribution in [0.4, 0.5) is 4.39 Å². The molecule has 1 atom stereocenters. The van der Waals surface area contributed by atoms with E-state index in [1.165, 1.54) is 24.3 Å². The van der Waals surface area contributed by atoms with Crippen LogP contribution in [-0.2, 0) is 9.53 Å². The first kappa shape index (κ1) is 21.3. The lowest BCUT2D eigenvalue weighted by Crippen LogP contribution is -2.51. The van der Waals surface area contributed by atoms with Gasteiger partial charge in [-0.25, -0.2) is 4.39 Å². The van der Waals surface area contributed by atoms with Gasteiger partial charge in [0.15, 0.2) is 6.61 Å². The molecule has 6 nitrogen and oxygen atoms in total. The van der Waals surface area contributed by atoms with Crippen LogP contribution in [-0.4, -0.2) is 67.1 Å². The summed E-state index contributed by atoms with van der Waals surface area (Å²) in [4.78, 5) is 29.1. The fourth-order valence-electron chi connectivity index (χ4n) is 3.68. The highest BCUT2D eigenvalue weighted by atomic mass is 19.1. The van der Waals surface area contributed by atoms with Crippen molar-refractivity contribution < 1.29 is 23.5 Å². The minimum atomic E-state index is -0.368. The number of para-hydroxylation sites is 1. The van der Waals surface area contributed by atoms with Crippen LogP contribution in [0.25, 0.3) is 0 Å². The number of carbonyl (C=O) groups excluding carboxylic acids is 2. The van der Waals surface area contributed by atoms with Crippen LogP contribution in [0, 0.1) is 11.7 Å². The molecule has 1 heterocycles. The molecule has 2 aromatic rings. The summed E-state index contributed by atoms with van der Waals surface area (Å²) in [6.45, 7) is 2.36. The van der Waals surface area contributed by atoms with Crippen molar-refractivity contribution in [2.45, 2.75) is 18.9 Å². The minimum absolute atomic E-state index is 0.0307. The molecule has 2 amide bonds. The Morgan fingerprint density at radius 1 is 1.06 bits per heavy atom. The van der Waals surface area contributed by atoms with Gasteiger partial charge in [0.05, 0.1) is 12.7 Å². The molecule has 7 heteroatoms. The van der Waals surface area contributed by atoms with Crippen molar-refractivity contribution >= 4 is 11.8 Å². The number of amides is 2. The number of rotatable bonds is 8. The summed E-state index contributed by atoms with van der Waals surface area (Å²) in [5, 5.41) is 0. The quantitative estimate of drug-likeness (QED) is 0.651. The molecule has 2 fully saturated rings. The van der Waals surface area contributed by atoms with Crippen LogP contribution in [0.2, 0.25) is 0 Å². The number of halogens is 1. The lowest BCUT2D eigenvalue weighted by molar-refractivity contribution is -0.141. The van der Waals surface area contributed by atoms with Gasteiger partial charge in [-0.2, -0.15) is 0 Å². The maximum absolute atomic E-state index is 13.2. The summed E-state index contributed by atoms with van der Waals surface area (Å²) in [6.07, 6.45) is 1.96. The summed E-state index contributed by atoms with van der Waals surface area (Å²) >= 11 is 0. The number of benzene rings is 2. The zero-order valence-corrected chi connectivity index (χ0v) is 17.4. The molecular formula is C24H27FN2O4. The van der Waals surface area contributed by atoms with Gasteiger partial charge >= 0.3 is 0 Å². The molecule has 1 aliphatic heterocycles. The number of carbonyl (C=O) groups is 2. The van der Waals surface area contributed by atoms with Gasteiger partial charge in [0.1, 0.15) is 11.6 Å². The van der Waals surface area contributed by atoms with E-state index in [1.54, 1.807) is 9.80 Å². The van der Waals surface area contributed by atoms with Gasteiger partial charge in [-0.15, -0.1) is 0 Å². The monoisotopic (exact) mass is 426 g/mol. The average molecular weight is 426 g/mol. The largest absolute Gasteiger partial charge is 0.484 e. The summed E-state index contributed by atoms with van der Waals surface area (Å²) in [7, 11) is 0. The van der Waals surface area contributed by atoms with Gasteiger partial charge < -0.3 is 19.3 Å². The fraction of sp³-hybridized carbons (Fsp3) is 0.417. The van der Waals surface area contributed by atoms with Crippen LogP contribution in [0.1, 0.15) is 23.2 Å². The zero-order chi connectivity index (χ0) is 21.6. The van der Waals surface area contributed by atoms with E-state index in [-0.39, 0.29) is 30.3 Å². The van der Waals surface area contributed by atoms with Crippen LogP contribution >= 0.6 is 0 Å². The van der Waals surface area contributed by atoms with E-state index in [2.05, 4.69) is 0 Å². The third-order valence-electron chi connectivity index (χ3n) is 5.57. The summed E-state index contributed by atoms with van der Waals surface area (Å²) in [5.41, 5.74) is 0.460. The Bertz CT molecular complexity index is 886. The third-order valence-corrected chi connectivity index (χ3v) is 5.57. The first-order chi connectivity index (χ1) is 15.1. The molecule has 1 saturated heterocycles. The second-order valence-corrected chi connectivity index (χ2v) is 8.09. The standard InChI is InChI=1S/C24H27FN2O4/c25-20-10-8-19(9-11-20)24(29)27(14-18-6-7-18)16-22-15-26(12-13-30-22)23(28)17-31-21-4-2-1-3-5-21/h1-5,8-11,18,22H,6-7,12-17H2. The van der Waals surface area contributed by atoms with Gasteiger partial charge in [0.25, 0.3) is 11.8 Å². The smallest absolute Gasteiger partial charge is 0.260 e. The Hall–Kier alpha value is -2.93. The highest BCUT2D eigenvalue weighted by Crippen LogP contribution is 2.30. The second kappa shape index (κ2) is 9.92. The normalized spacial score (nSPS) is 18.5. The molecule has 0 N–H and O–H groups in total. The Balaban J connectivity index is 1.34. The number of nitrogens with zero attached hydrogens (tertiary/aromatic N) is 2. The van der Waals surface area contributed by atoms with Crippen molar-refractivity contribution in [3.8, 4) is 5.75 Å². The zero-order valence-electron chi connectivity index (χ0n) is 17.4. The van der Waals surface area contributed by atoms with Gasteiger partial charge in [0.2, 0.25) is 0 Å². The van der Waals surface area contributed by atoms with Crippen molar-refractivity contribution in [2.75, 3.05) is 39.4 Å². The van der Waals surface area contributed by atoms with E-state index in [0.717, 1.165) is 12.8 Å². The van der Waals surface area contributed by atoms with Crippen LogP contribution in [0.15, 0.2) is 54.6 Å². The van der Waals surface area contributed by atoms with Crippen molar-refractivity contribution in [2.24, 2.45) is 5.92 Å². The Labute approximate surface area is 181 Å². The molecule has 1 aliphatic carbocycles. The van der Waals surface area contributed by atoms with E-state index in [4.69, 9.17) is 9.47 Å². The van der Waals surface area contributed by atoms with Gasteiger partial charge in [-0.1, -0.05) is 18.2 Å². The predicted octanol–water partition coefficient (Wildman–Crippen LogP) is 2.98. The number of hydrogen-bond acceptors (Lipinski definition) is 4. The molecular weight excluding hydrogens is 399 g/mol. The first-order valence-corrected chi connectivity index (χ1v) is 10.7. The number of morpholine rings is 1. The molecule has 0 spiro atoms. The van der Waals surface area contributed by atoms with Crippen molar-refractivity contribution in [1.82, 2.24) is 9.80 Å².